The van der Waals surface area contributed by atoms with Gasteiger partial charge in [-0.25, -0.2) is 9.78 Å². The summed E-state index contributed by atoms with van der Waals surface area (Å²) in [6.07, 6.45) is 1.66. The molecule has 0 aliphatic rings. The van der Waals surface area contributed by atoms with Gasteiger partial charge in [-0.2, -0.15) is 0 Å². The van der Waals surface area contributed by atoms with Crippen molar-refractivity contribution in [2.24, 2.45) is 5.92 Å². The minimum Gasteiger partial charge on any atom is -0.354 e. The zero-order valence-electron chi connectivity index (χ0n) is 16.0. The standard InChI is InChI=1S/C20H22Cl2N4O2/c1-4-25-17-7-14(13-5-15(21)8-16(22)6-13)10-24-19(17)26(20(25)28)11-18(27)23-9-12(2)3/h5-8,10,12H,4,9,11H2,1-3H3,(H,23,27). The highest BCUT2D eigenvalue weighted by Gasteiger charge is 2.17. The highest BCUT2D eigenvalue weighted by molar-refractivity contribution is 6.35. The predicted octanol–water partition coefficient (Wildman–Crippen LogP) is 3.96. The first-order valence-electron chi connectivity index (χ1n) is 9.12. The molecule has 6 nitrogen and oxygen atoms in total. The van der Waals surface area contributed by atoms with Crippen LogP contribution in [0.5, 0.6) is 0 Å². The van der Waals surface area contributed by atoms with Gasteiger partial charge in [0.25, 0.3) is 0 Å². The molecule has 3 aromatic rings. The van der Waals surface area contributed by atoms with E-state index < -0.39 is 0 Å². The van der Waals surface area contributed by atoms with E-state index in [1.807, 2.05) is 26.8 Å². The van der Waals surface area contributed by atoms with E-state index in [0.29, 0.717) is 40.2 Å². The molecule has 0 unspecified atom stereocenters. The second kappa shape index (κ2) is 8.37. The van der Waals surface area contributed by atoms with Crippen LogP contribution in [0.25, 0.3) is 22.3 Å². The van der Waals surface area contributed by atoms with Crippen LogP contribution in [0.2, 0.25) is 10.0 Å². The maximum Gasteiger partial charge on any atom is 0.330 e. The third-order valence-corrected chi connectivity index (χ3v) is 4.81. The van der Waals surface area contributed by atoms with Gasteiger partial charge in [-0.3, -0.25) is 13.9 Å². The summed E-state index contributed by atoms with van der Waals surface area (Å²) >= 11 is 12.2. The van der Waals surface area contributed by atoms with Crippen molar-refractivity contribution in [2.45, 2.75) is 33.9 Å². The Kier molecular flexibility index (Phi) is 6.10. The van der Waals surface area contributed by atoms with E-state index in [1.165, 1.54) is 4.57 Å². The zero-order valence-corrected chi connectivity index (χ0v) is 17.5. The number of carbonyl (C=O) groups excluding carboxylic acids is 1. The molecule has 8 heteroatoms. The summed E-state index contributed by atoms with van der Waals surface area (Å²) < 4.78 is 3.01. The smallest absolute Gasteiger partial charge is 0.330 e. The van der Waals surface area contributed by atoms with Gasteiger partial charge in [0.1, 0.15) is 6.54 Å². The Hall–Kier alpha value is -2.31. The van der Waals surface area contributed by atoms with Crippen LogP contribution >= 0.6 is 23.2 Å². The monoisotopic (exact) mass is 420 g/mol. The van der Waals surface area contributed by atoms with Crippen molar-refractivity contribution in [1.29, 1.82) is 0 Å². The first kappa shape index (κ1) is 20.4. The molecule has 2 heterocycles. The highest BCUT2D eigenvalue weighted by atomic mass is 35.5. The number of nitrogens with one attached hydrogen (secondary N) is 1. The third kappa shape index (κ3) is 4.23. The number of benzene rings is 1. The molecule has 148 valence electrons. The minimum absolute atomic E-state index is 0.0651. The summed E-state index contributed by atoms with van der Waals surface area (Å²) in [5.74, 6) is 0.126. The molecule has 28 heavy (non-hydrogen) atoms. The Balaban J connectivity index is 2.04. The van der Waals surface area contributed by atoms with Crippen molar-refractivity contribution in [2.75, 3.05) is 6.54 Å². The minimum atomic E-state index is -0.258. The van der Waals surface area contributed by atoms with Crippen molar-refractivity contribution in [3.05, 3.63) is 51.0 Å². The molecule has 0 aliphatic heterocycles. The van der Waals surface area contributed by atoms with E-state index in [2.05, 4.69) is 10.3 Å². The number of nitrogens with zero attached hydrogens (tertiary/aromatic N) is 3. The van der Waals surface area contributed by atoms with Crippen molar-refractivity contribution >= 4 is 40.3 Å². The third-order valence-electron chi connectivity index (χ3n) is 4.38. The molecule has 0 atom stereocenters. The number of pyridine rings is 1. The Labute approximate surface area is 173 Å². The predicted molar refractivity (Wildman–Crippen MR) is 113 cm³/mol. The van der Waals surface area contributed by atoms with E-state index in [1.54, 1.807) is 29.0 Å². The first-order valence-corrected chi connectivity index (χ1v) is 9.88. The van der Waals surface area contributed by atoms with Crippen LogP contribution in [0.3, 0.4) is 0 Å². The van der Waals surface area contributed by atoms with E-state index in [-0.39, 0.29) is 18.1 Å². The average molecular weight is 421 g/mol. The van der Waals surface area contributed by atoms with Crippen molar-refractivity contribution in [3.63, 3.8) is 0 Å². The van der Waals surface area contributed by atoms with Crippen molar-refractivity contribution in [3.8, 4) is 11.1 Å². The second-order valence-electron chi connectivity index (χ2n) is 7.04. The number of imidazole rings is 1. The molecule has 0 radical (unpaired) electrons. The highest BCUT2D eigenvalue weighted by Crippen LogP contribution is 2.28. The van der Waals surface area contributed by atoms with Crippen LogP contribution < -0.4 is 11.0 Å². The topological polar surface area (TPSA) is 68.9 Å². The van der Waals surface area contributed by atoms with Gasteiger partial charge >= 0.3 is 5.69 Å². The van der Waals surface area contributed by atoms with Gasteiger partial charge in [0.2, 0.25) is 5.91 Å². The lowest BCUT2D eigenvalue weighted by molar-refractivity contribution is -0.121. The van der Waals surface area contributed by atoms with Gasteiger partial charge in [0.05, 0.1) is 5.52 Å². The van der Waals surface area contributed by atoms with Crippen LogP contribution in [0, 0.1) is 5.92 Å². The first-order chi connectivity index (χ1) is 13.3. The van der Waals surface area contributed by atoms with Crippen LogP contribution in [-0.4, -0.2) is 26.6 Å². The number of rotatable bonds is 6. The van der Waals surface area contributed by atoms with Gasteiger partial charge in [0, 0.05) is 34.9 Å². The molecule has 0 aliphatic carbocycles. The quantitative estimate of drug-likeness (QED) is 0.655. The van der Waals surface area contributed by atoms with Crippen molar-refractivity contribution in [1.82, 2.24) is 19.4 Å². The second-order valence-corrected chi connectivity index (χ2v) is 7.91. The number of halogens is 2. The van der Waals surface area contributed by atoms with E-state index >= 15 is 0 Å². The van der Waals surface area contributed by atoms with Crippen LogP contribution in [0.1, 0.15) is 20.8 Å². The molecular formula is C20H22Cl2N4O2. The molecule has 0 bridgehead atoms. The Morgan fingerprint density at radius 3 is 2.39 bits per heavy atom. The Bertz CT molecular complexity index is 1070. The molecule has 1 amide bonds. The summed E-state index contributed by atoms with van der Waals surface area (Å²) in [6, 6.07) is 7.12. The lowest BCUT2D eigenvalue weighted by Gasteiger charge is -2.08. The summed E-state index contributed by atoms with van der Waals surface area (Å²) in [4.78, 5) is 29.5. The number of fused-ring (bicyclic) bond motifs is 1. The number of carbonyl (C=O) groups is 1. The molecule has 3 rings (SSSR count). The van der Waals surface area contributed by atoms with Gasteiger partial charge in [0.15, 0.2) is 5.65 Å². The number of aryl methyl sites for hydroxylation is 1. The molecule has 0 fully saturated rings. The number of amides is 1. The Morgan fingerprint density at radius 1 is 1.11 bits per heavy atom. The lowest BCUT2D eigenvalue weighted by Crippen LogP contribution is -2.34. The van der Waals surface area contributed by atoms with Crippen molar-refractivity contribution < 1.29 is 4.79 Å². The van der Waals surface area contributed by atoms with Gasteiger partial charge in [-0.1, -0.05) is 37.0 Å². The maximum absolute atomic E-state index is 12.8. The zero-order chi connectivity index (χ0) is 20.4. The number of hydrogen-bond acceptors (Lipinski definition) is 3. The summed E-state index contributed by atoms with van der Waals surface area (Å²) in [5, 5.41) is 3.88. The summed E-state index contributed by atoms with van der Waals surface area (Å²) in [7, 11) is 0. The fourth-order valence-corrected chi connectivity index (χ4v) is 3.56. The Morgan fingerprint density at radius 2 is 1.79 bits per heavy atom. The van der Waals surface area contributed by atoms with Gasteiger partial charge in [-0.15, -0.1) is 0 Å². The normalized spacial score (nSPS) is 11.4. The fourth-order valence-electron chi connectivity index (χ4n) is 3.04. The van der Waals surface area contributed by atoms with Crippen LogP contribution in [0.15, 0.2) is 35.3 Å². The van der Waals surface area contributed by atoms with Gasteiger partial charge in [-0.05, 0) is 42.7 Å². The fraction of sp³-hybridized carbons (Fsp3) is 0.350. The molecule has 0 saturated carbocycles. The largest absolute Gasteiger partial charge is 0.354 e. The van der Waals surface area contributed by atoms with Crippen LogP contribution in [-0.2, 0) is 17.9 Å². The van der Waals surface area contributed by atoms with E-state index in [4.69, 9.17) is 23.2 Å². The molecule has 1 aromatic carbocycles. The van der Waals surface area contributed by atoms with Crippen LogP contribution in [0.4, 0.5) is 0 Å². The molecule has 0 spiro atoms. The lowest BCUT2D eigenvalue weighted by atomic mass is 10.1. The average Bonchev–Trinajstić information content (AvgIpc) is 2.89. The number of aromatic nitrogens is 3. The molecule has 1 N–H and O–H groups in total. The maximum atomic E-state index is 12.8. The molecule has 0 saturated heterocycles. The van der Waals surface area contributed by atoms with Gasteiger partial charge < -0.3 is 5.32 Å². The molecular weight excluding hydrogens is 399 g/mol. The summed E-state index contributed by atoms with van der Waals surface area (Å²) in [6.45, 7) is 6.88. The summed E-state index contributed by atoms with van der Waals surface area (Å²) in [5.41, 5.74) is 2.48. The van der Waals surface area contributed by atoms with E-state index in [0.717, 1.165) is 11.1 Å². The number of hydrogen-bond donors (Lipinski definition) is 1. The SMILES string of the molecule is CCn1c(=O)n(CC(=O)NCC(C)C)c2ncc(-c3cc(Cl)cc(Cl)c3)cc21. The van der Waals surface area contributed by atoms with E-state index in [9.17, 15) is 9.59 Å². The molecule has 2 aromatic heterocycles.